The van der Waals surface area contributed by atoms with Crippen LogP contribution < -0.4 is 40.2 Å². The number of aliphatic carboxylic acids is 1. The van der Waals surface area contributed by atoms with Crippen molar-refractivity contribution in [3.8, 4) is 0 Å². The van der Waals surface area contributed by atoms with Gasteiger partial charge in [-0.05, 0) is 129 Å². The number of aliphatic hydroxyl groups is 1. The Morgan fingerprint density at radius 2 is 1.06 bits per heavy atom. The van der Waals surface area contributed by atoms with Crippen molar-refractivity contribution in [1.29, 1.82) is 0 Å². The molecule has 0 aliphatic heterocycles. The maximum atomic E-state index is 13.1. The fourth-order valence-electron chi connectivity index (χ4n) is 8.92. The molecule has 14 nitrogen and oxygen atoms in total. The number of carboxylic acid groups (broad SMARTS) is 1. The third kappa shape index (κ3) is 14.9. The zero-order valence-corrected chi connectivity index (χ0v) is 40.8. The first-order chi connectivity index (χ1) is 32.4. The Morgan fingerprint density at radius 3 is 1.43 bits per heavy atom. The van der Waals surface area contributed by atoms with Gasteiger partial charge in [-0.1, -0.05) is 36.4 Å². The van der Waals surface area contributed by atoms with Crippen molar-refractivity contribution < 1.29 is 95.5 Å². The van der Waals surface area contributed by atoms with Gasteiger partial charge in [0.15, 0.2) is 0 Å². The summed E-state index contributed by atoms with van der Waals surface area (Å²) in [4.78, 5) is 48.7. The molecule has 4 heterocycles. The summed E-state index contributed by atoms with van der Waals surface area (Å²) >= 11 is 0. The van der Waals surface area contributed by atoms with Gasteiger partial charge in [0.25, 0.3) is 11.8 Å². The molecule has 4 atom stereocenters. The number of hydrogen-bond donors (Lipinski definition) is 4. The molecule has 5 N–H and O–H groups in total. The summed E-state index contributed by atoms with van der Waals surface area (Å²) in [7, 11) is 1.00. The number of nitrogens with one attached hydrogen (secondary N) is 2. The SMILES string of the molecule is CCOC(=O)CC1CCC(NC(=O)c2cnn3cccc(Cc4ccc(C(F)(F)F)cc4)c23)C1.CO.O=C(O)CC1CCC(NC(=O)c2cnn3cccc(Cc4ccc(C(F)(F)F)cc4)c23)C1.[Na+].[OH-]. The van der Waals surface area contributed by atoms with Crippen LogP contribution >= 0.6 is 0 Å². The molecule has 370 valence electrons. The fourth-order valence-corrected chi connectivity index (χ4v) is 8.92. The summed E-state index contributed by atoms with van der Waals surface area (Å²) in [5.41, 5.74) is 3.56. The van der Waals surface area contributed by atoms with E-state index in [1.807, 2.05) is 12.1 Å². The Labute approximate surface area is 421 Å². The van der Waals surface area contributed by atoms with Gasteiger partial charge in [0.05, 0.1) is 52.3 Å². The van der Waals surface area contributed by atoms with Crippen LogP contribution in [0.1, 0.15) is 112 Å². The van der Waals surface area contributed by atoms with Crippen molar-refractivity contribution in [2.45, 2.75) is 95.6 Å². The fraction of sp³-hybridized carbons (Fsp3) is 0.388. The monoisotopic (exact) mass is 990 g/mol. The predicted octanol–water partition coefficient (Wildman–Crippen LogP) is 5.55. The number of alkyl halides is 6. The van der Waals surface area contributed by atoms with E-state index in [9.17, 15) is 45.5 Å². The number of benzene rings is 2. The van der Waals surface area contributed by atoms with Crippen LogP contribution in [0, 0.1) is 11.8 Å². The molecule has 2 aliphatic rings. The van der Waals surface area contributed by atoms with Crippen LogP contribution in [0.2, 0.25) is 0 Å². The topological polar surface area (TPSA) is 207 Å². The summed E-state index contributed by atoms with van der Waals surface area (Å²) in [6.07, 6.45) is 3.25. The van der Waals surface area contributed by atoms with Gasteiger partial charge in [0.2, 0.25) is 0 Å². The Morgan fingerprint density at radius 1 is 0.657 bits per heavy atom. The first-order valence-electron chi connectivity index (χ1n) is 22.1. The van der Waals surface area contributed by atoms with Gasteiger partial charge in [-0.25, -0.2) is 9.03 Å². The van der Waals surface area contributed by atoms with E-state index < -0.39 is 29.4 Å². The molecule has 0 radical (unpaired) electrons. The second-order valence-electron chi connectivity index (χ2n) is 16.8. The van der Waals surface area contributed by atoms with Crippen LogP contribution in [0.5, 0.6) is 0 Å². The maximum absolute atomic E-state index is 13.1. The molecule has 2 saturated carbocycles. The molecule has 4 unspecified atom stereocenters. The van der Waals surface area contributed by atoms with Crippen molar-refractivity contribution in [2.75, 3.05) is 13.7 Å². The van der Waals surface area contributed by atoms with E-state index in [-0.39, 0.29) is 83.2 Å². The van der Waals surface area contributed by atoms with Crippen LogP contribution in [0.4, 0.5) is 26.3 Å². The number of ether oxygens (including phenoxy) is 1. The smallest absolute Gasteiger partial charge is 0.870 e. The molecule has 2 amide bonds. The standard InChI is InChI=1S/C25H26F3N3O3.C23H22F3N3O3.CH4O.Na.H2O/c1-2-34-22(32)14-17-7-10-20(13-17)30-24(33)21-15-29-31-11-3-4-18(23(21)31)12-16-5-8-19(9-6-16)25(26,27)28;24-23(25,26)17-6-3-14(4-7-17)10-16-2-1-9-29-21(16)19(13-27-29)22(32)28-18-8-5-15(11-18)12-20(30)31;1-2;;/h3-6,8-9,11,15,17,20H,2,7,10,12-14H2,1H3,(H,30,33);1-4,6-7,9,13,15,18H,5,8,10-12H2,(H,28,32)(H,30,31);2H,1H3;;1H2/q;;;+1;/p-1. The average molecular weight is 991 g/mol. The van der Waals surface area contributed by atoms with Crippen LogP contribution in [-0.2, 0) is 39.5 Å². The molecule has 0 bridgehead atoms. The summed E-state index contributed by atoms with van der Waals surface area (Å²) in [6, 6.07) is 17.1. The van der Waals surface area contributed by atoms with Gasteiger partial charge in [-0.15, -0.1) is 0 Å². The first-order valence-corrected chi connectivity index (χ1v) is 22.1. The number of fused-ring (bicyclic) bond motifs is 2. The van der Waals surface area contributed by atoms with Gasteiger partial charge in [-0.2, -0.15) is 36.5 Å². The molecule has 6 aromatic rings. The largest absolute Gasteiger partial charge is 1.00 e. The number of halogens is 6. The molecule has 21 heteroatoms. The van der Waals surface area contributed by atoms with Crippen LogP contribution in [-0.4, -0.2) is 84.5 Å². The summed E-state index contributed by atoms with van der Waals surface area (Å²) in [6.45, 7) is 2.13. The molecule has 4 aromatic heterocycles. The average Bonchev–Trinajstić information content (AvgIpc) is 4.12. The molecule has 2 fully saturated rings. The summed E-state index contributed by atoms with van der Waals surface area (Å²) in [5, 5.41) is 30.5. The summed E-state index contributed by atoms with van der Waals surface area (Å²) in [5.74, 6) is -1.36. The van der Waals surface area contributed by atoms with Gasteiger partial charge >= 0.3 is 53.8 Å². The maximum Gasteiger partial charge on any atom is 1.00 e. The Balaban J connectivity index is 0.000000287. The molecular weight excluding hydrogens is 938 g/mol. The van der Waals surface area contributed by atoms with E-state index in [1.54, 1.807) is 40.5 Å². The minimum atomic E-state index is -4.39. The number of rotatable bonds is 13. The number of pyridine rings is 2. The molecule has 0 spiro atoms. The Kier molecular flexibility index (Phi) is 20.6. The van der Waals surface area contributed by atoms with E-state index in [1.165, 1.54) is 36.7 Å². The Hall–Kier alpha value is -5.80. The van der Waals surface area contributed by atoms with E-state index in [4.69, 9.17) is 14.9 Å². The van der Waals surface area contributed by atoms with Crippen molar-refractivity contribution in [2.24, 2.45) is 11.8 Å². The third-order valence-electron chi connectivity index (χ3n) is 12.1. The normalized spacial score (nSPS) is 17.5. The molecular formula is C49H53F6N6NaO8. The number of nitrogens with zero attached hydrogens (tertiary/aromatic N) is 4. The number of amides is 2. The van der Waals surface area contributed by atoms with Crippen molar-refractivity contribution >= 4 is 34.8 Å². The second kappa shape index (κ2) is 25.4. The van der Waals surface area contributed by atoms with Crippen LogP contribution in [0.3, 0.4) is 0 Å². The quantitative estimate of drug-likeness (QED) is 0.0645. The molecule has 2 aromatic carbocycles. The number of carbonyl (C=O) groups is 4. The zero-order chi connectivity index (χ0) is 49.2. The molecule has 2 aliphatic carbocycles. The number of aliphatic hydroxyl groups excluding tert-OH is 1. The van der Waals surface area contributed by atoms with Crippen LogP contribution in [0.15, 0.2) is 97.6 Å². The van der Waals surface area contributed by atoms with Crippen molar-refractivity contribution in [3.63, 3.8) is 0 Å². The molecule has 70 heavy (non-hydrogen) atoms. The zero-order valence-electron chi connectivity index (χ0n) is 38.8. The molecule has 8 rings (SSSR count). The second-order valence-corrected chi connectivity index (χ2v) is 16.8. The van der Waals surface area contributed by atoms with E-state index in [2.05, 4.69) is 20.8 Å². The van der Waals surface area contributed by atoms with Gasteiger partial charge in [0, 0.05) is 44.4 Å². The number of aromatic nitrogens is 4. The first kappa shape index (κ1) is 56.8. The van der Waals surface area contributed by atoms with Crippen molar-refractivity contribution in [1.82, 2.24) is 29.9 Å². The predicted molar refractivity (Wildman–Crippen MR) is 240 cm³/mol. The van der Waals surface area contributed by atoms with E-state index in [0.717, 1.165) is 68.2 Å². The number of carbonyl (C=O) groups excluding carboxylic acids is 3. The molecule has 0 saturated heterocycles. The number of esters is 1. The van der Waals surface area contributed by atoms with Gasteiger partial charge in [-0.3, -0.25) is 19.2 Å². The minimum absolute atomic E-state index is 0. The third-order valence-corrected chi connectivity index (χ3v) is 12.1. The van der Waals surface area contributed by atoms with Crippen LogP contribution in [0.25, 0.3) is 11.0 Å². The summed E-state index contributed by atoms with van der Waals surface area (Å²) < 4.78 is 85.3. The Bertz CT molecular complexity index is 2690. The van der Waals surface area contributed by atoms with Gasteiger partial charge < -0.3 is 31.1 Å². The number of carboxylic acids is 1. The minimum Gasteiger partial charge on any atom is -0.870 e. The number of hydrogen-bond acceptors (Lipinski definition) is 9. The van der Waals surface area contributed by atoms with Gasteiger partial charge in [0.1, 0.15) is 0 Å². The van der Waals surface area contributed by atoms with E-state index >= 15 is 0 Å². The van der Waals surface area contributed by atoms with Crippen molar-refractivity contribution in [3.05, 3.63) is 142 Å². The van der Waals surface area contributed by atoms with E-state index in [0.29, 0.717) is 72.0 Å².